The zero-order valence-corrected chi connectivity index (χ0v) is 45.6. The first kappa shape index (κ1) is 65.2. The highest BCUT2D eigenvalue weighted by atomic mass is 16.6. The van der Waals surface area contributed by atoms with Gasteiger partial charge in [0.05, 0.1) is 164 Å². The molecule has 0 N–H and O–H groups in total. The van der Waals surface area contributed by atoms with Gasteiger partial charge in [0.1, 0.15) is 12.4 Å². The molecule has 0 heterocycles. The standard InChI is InChI=1S/C60H92O15/c1-3-4-5-6-7-8-9-10-11-12-29-74-59-27-23-57(24-28-59)20-18-55-15-13-54(14-16-55)17-19-56-21-25-58(26-22-56)60(61)75-53-52-73-51-50-72-49-48-71-47-46-70-45-44-69-43-42-68-41-40-67-39-38-66-37-36-65-35-34-64-33-32-63-31-30-62-2/h13-28H,3-12,29-53H2,1-2H3/b19-17+,20-18+. The molecule has 0 fully saturated rings. The molecule has 3 aromatic rings. The molecule has 0 atom stereocenters. The molecule has 3 rings (SSSR count). The molecule has 0 bridgehead atoms. The number of carbonyl (C=O) groups excluding carboxylic acids is 1. The summed E-state index contributed by atoms with van der Waals surface area (Å²) >= 11 is 0. The summed E-state index contributed by atoms with van der Waals surface area (Å²) in [5, 5.41) is 0. The molecule has 0 aromatic heterocycles. The molecule has 0 aliphatic heterocycles. The van der Waals surface area contributed by atoms with Gasteiger partial charge in [-0.15, -0.1) is 0 Å². The van der Waals surface area contributed by atoms with Crippen molar-refractivity contribution in [3.05, 3.63) is 101 Å². The van der Waals surface area contributed by atoms with Crippen molar-refractivity contribution < 1.29 is 71.1 Å². The van der Waals surface area contributed by atoms with Gasteiger partial charge in [0, 0.05) is 7.11 Å². The van der Waals surface area contributed by atoms with E-state index in [9.17, 15) is 4.79 Å². The zero-order chi connectivity index (χ0) is 53.0. The summed E-state index contributed by atoms with van der Waals surface area (Å²) in [6, 6.07) is 24.1. The Morgan fingerprint density at radius 2 is 0.587 bits per heavy atom. The second-order valence-electron chi connectivity index (χ2n) is 17.4. The van der Waals surface area contributed by atoms with Gasteiger partial charge in [-0.2, -0.15) is 0 Å². The fourth-order valence-electron chi connectivity index (χ4n) is 7.01. The molecule has 15 heteroatoms. The molecule has 3 aromatic carbocycles. The van der Waals surface area contributed by atoms with Crippen LogP contribution in [0.4, 0.5) is 0 Å². The van der Waals surface area contributed by atoms with E-state index in [0.717, 1.165) is 41.0 Å². The van der Waals surface area contributed by atoms with E-state index in [2.05, 4.69) is 73.7 Å². The summed E-state index contributed by atoms with van der Waals surface area (Å²) in [6.45, 7) is 14.4. The Bertz CT molecular complexity index is 1770. The van der Waals surface area contributed by atoms with E-state index in [-0.39, 0.29) is 19.2 Å². The minimum atomic E-state index is -0.387. The lowest BCUT2D eigenvalue weighted by molar-refractivity contribution is -0.0285. The van der Waals surface area contributed by atoms with E-state index < -0.39 is 0 Å². The molecule has 0 spiro atoms. The van der Waals surface area contributed by atoms with Gasteiger partial charge in [-0.3, -0.25) is 0 Å². The van der Waals surface area contributed by atoms with Crippen LogP contribution in [-0.4, -0.2) is 178 Å². The molecular formula is C60H92O15. The summed E-state index contributed by atoms with van der Waals surface area (Å²) < 4.78 is 76.6. The van der Waals surface area contributed by atoms with Crippen LogP contribution >= 0.6 is 0 Å². The van der Waals surface area contributed by atoms with Crippen molar-refractivity contribution >= 4 is 30.3 Å². The Morgan fingerprint density at radius 1 is 0.320 bits per heavy atom. The molecule has 15 nitrogen and oxygen atoms in total. The minimum Gasteiger partial charge on any atom is -0.494 e. The first-order valence-corrected chi connectivity index (χ1v) is 27.5. The Hall–Kier alpha value is -4.07. The number of benzene rings is 3. The number of carbonyl (C=O) groups is 1. The molecular weight excluding hydrogens is 961 g/mol. The van der Waals surface area contributed by atoms with Crippen molar-refractivity contribution in [2.45, 2.75) is 71.1 Å². The molecule has 0 saturated carbocycles. The smallest absolute Gasteiger partial charge is 0.338 e. The maximum absolute atomic E-state index is 12.5. The summed E-state index contributed by atoms with van der Waals surface area (Å²) in [6.07, 6.45) is 21.6. The largest absolute Gasteiger partial charge is 0.494 e. The Labute approximate surface area is 449 Å². The van der Waals surface area contributed by atoms with Crippen molar-refractivity contribution in [2.24, 2.45) is 0 Å². The van der Waals surface area contributed by atoms with Crippen LogP contribution in [0.15, 0.2) is 72.8 Å². The van der Waals surface area contributed by atoms with Crippen molar-refractivity contribution in [3.63, 3.8) is 0 Å². The fourth-order valence-corrected chi connectivity index (χ4v) is 7.01. The highest BCUT2D eigenvalue weighted by molar-refractivity contribution is 5.89. The van der Waals surface area contributed by atoms with Crippen LogP contribution < -0.4 is 4.74 Å². The van der Waals surface area contributed by atoms with E-state index in [1.807, 2.05) is 18.2 Å². The summed E-state index contributed by atoms with van der Waals surface area (Å²) in [5.74, 6) is 0.541. The lowest BCUT2D eigenvalue weighted by Gasteiger charge is -2.09. The van der Waals surface area contributed by atoms with Crippen LogP contribution in [0.5, 0.6) is 5.75 Å². The molecule has 75 heavy (non-hydrogen) atoms. The van der Waals surface area contributed by atoms with E-state index in [4.69, 9.17) is 66.3 Å². The van der Waals surface area contributed by atoms with Crippen LogP contribution in [0.25, 0.3) is 24.3 Å². The average molecular weight is 1050 g/mol. The van der Waals surface area contributed by atoms with Crippen LogP contribution in [0.2, 0.25) is 0 Å². The molecule has 422 valence electrons. The second-order valence-corrected chi connectivity index (χ2v) is 17.4. The third-order valence-corrected chi connectivity index (χ3v) is 11.3. The quantitative estimate of drug-likeness (QED) is 0.0300. The molecule has 0 unspecified atom stereocenters. The second kappa shape index (κ2) is 49.5. The van der Waals surface area contributed by atoms with Gasteiger partial charge in [-0.25, -0.2) is 4.79 Å². The summed E-state index contributed by atoms with van der Waals surface area (Å²) in [7, 11) is 1.64. The lowest BCUT2D eigenvalue weighted by atomic mass is 10.1. The van der Waals surface area contributed by atoms with Crippen LogP contribution in [0.1, 0.15) is 104 Å². The molecule has 0 aliphatic rings. The van der Waals surface area contributed by atoms with E-state index >= 15 is 0 Å². The van der Waals surface area contributed by atoms with Crippen molar-refractivity contribution in [3.8, 4) is 5.75 Å². The lowest BCUT2D eigenvalue weighted by Crippen LogP contribution is -2.15. The van der Waals surface area contributed by atoms with E-state index in [0.29, 0.717) is 151 Å². The SMILES string of the molecule is CCCCCCCCCCCCOc1ccc(/C=C/c2ccc(/C=C/c3ccc(C(=O)OCCOCCOCCOCCOCCOCCOCCOCCOCCOCCOCCOCCOC)cc3)cc2)cc1. The monoisotopic (exact) mass is 1050 g/mol. The van der Waals surface area contributed by atoms with Gasteiger partial charge in [0.15, 0.2) is 0 Å². The van der Waals surface area contributed by atoms with Gasteiger partial charge < -0.3 is 66.3 Å². The molecule has 0 saturated heterocycles. The maximum Gasteiger partial charge on any atom is 0.338 e. The number of rotatable bonds is 53. The Kier molecular flexibility index (Phi) is 43.0. The predicted molar refractivity (Wildman–Crippen MR) is 296 cm³/mol. The number of hydrogen-bond acceptors (Lipinski definition) is 15. The highest BCUT2D eigenvalue weighted by Gasteiger charge is 2.07. The van der Waals surface area contributed by atoms with Crippen molar-refractivity contribution in [1.82, 2.24) is 0 Å². The highest BCUT2D eigenvalue weighted by Crippen LogP contribution is 2.18. The number of unbranched alkanes of at least 4 members (excludes halogenated alkanes) is 9. The predicted octanol–water partition coefficient (Wildman–Crippen LogP) is 10.3. The third kappa shape index (κ3) is 39.0. The normalized spacial score (nSPS) is 11.7. The van der Waals surface area contributed by atoms with Gasteiger partial charge >= 0.3 is 5.97 Å². The van der Waals surface area contributed by atoms with Crippen molar-refractivity contribution in [1.29, 1.82) is 0 Å². The summed E-state index contributed by atoms with van der Waals surface area (Å²) in [4.78, 5) is 12.5. The van der Waals surface area contributed by atoms with Gasteiger partial charge in [0.25, 0.3) is 0 Å². The minimum absolute atomic E-state index is 0.158. The van der Waals surface area contributed by atoms with Crippen LogP contribution in [-0.2, 0) is 61.6 Å². The fraction of sp³-hybridized carbons (Fsp3) is 0.617. The van der Waals surface area contributed by atoms with E-state index in [1.54, 1.807) is 19.2 Å². The first-order chi connectivity index (χ1) is 37.2. The topological polar surface area (TPSA) is 146 Å². The zero-order valence-electron chi connectivity index (χ0n) is 45.6. The summed E-state index contributed by atoms with van der Waals surface area (Å²) in [5.41, 5.74) is 4.82. The molecule has 0 amide bonds. The maximum atomic E-state index is 12.5. The number of hydrogen-bond donors (Lipinski definition) is 0. The van der Waals surface area contributed by atoms with Crippen LogP contribution in [0, 0.1) is 0 Å². The number of methoxy groups -OCH3 is 1. The molecule has 0 aliphatic carbocycles. The van der Waals surface area contributed by atoms with Gasteiger partial charge in [0.2, 0.25) is 0 Å². The van der Waals surface area contributed by atoms with E-state index in [1.165, 1.54) is 57.8 Å². The van der Waals surface area contributed by atoms with Crippen molar-refractivity contribution in [2.75, 3.05) is 172 Å². The number of ether oxygens (including phenoxy) is 14. The van der Waals surface area contributed by atoms with Gasteiger partial charge in [-0.05, 0) is 52.9 Å². The number of esters is 1. The molecule has 0 radical (unpaired) electrons. The third-order valence-electron chi connectivity index (χ3n) is 11.3. The van der Waals surface area contributed by atoms with Crippen LogP contribution in [0.3, 0.4) is 0 Å². The first-order valence-electron chi connectivity index (χ1n) is 27.5. The Morgan fingerprint density at radius 3 is 0.907 bits per heavy atom. The van der Waals surface area contributed by atoms with Gasteiger partial charge in [-0.1, -0.05) is 138 Å². The Balaban J connectivity index is 1.04. The average Bonchev–Trinajstić information content (AvgIpc) is 3.44.